The Balaban J connectivity index is 1.83. The van der Waals surface area contributed by atoms with Crippen LogP contribution in [0.1, 0.15) is 19.3 Å². The van der Waals surface area contributed by atoms with Gasteiger partial charge in [-0.15, -0.1) is 5.06 Å². The predicted molar refractivity (Wildman–Crippen MR) is 75.7 cm³/mol. The molecule has 118 valence electrons. The second-order valence-electron chi connectivity index (χ2n) is 5.61. The first-order chi connectivity index (χ1) is 10.4. The van der Waals surface area contributed by atoms with Crippen LogP contribution in [0.15, 0.2) is 35.2 Å². The van der Waals surface area contributed by atoms with Crippen molar-refractivity contribution in [2.24, 2.45) is 5.92 Å². The maximum absolute atomic E-state index is 12.6. The van der Waals surface area contributed by atoms with Crippen LogP contribution in [0.2, 0.25) is 0 Å². The van der Waals surface area contributed by atoms with E-state index in [-0.39, 0.29) is 16.4 Å². The van der Waals surface area contributed by atoms with Crippen LogP contribution in [-0.4, -0.2) is 41.9 Å². The molecule has 1 aliphatic heterocycles. The molecule has 3 amide bonds. The molecule has 0 bridgehead atoms. The molecule has 1 aliphatic carbocycles. The number of imide groups is 1. The lowest BCUT2D eigenvalue weighted by Gasteiger charge is -2.39. The van der Waals surface area contributed by atoms with Crippen molar-refractivity contribution in [3.63, 3.8) is 0 Å². The fourth-order valence-electron chi connectivity index (χ4n) is 3.15. The molecule has 3 unspecified atom stereocenters. The van der Waals surface area contributed by atoms with Crippen LogP contribution in [-0.2, 0) is 14.6 Å². The van der Waals surface area contributed by atoms with Crippen molar-refractivity contribution in [1.29, 1.82) is 0 Å². The van der Waals surface area contributed by atoms with Crippen molar-refractivity contribution < 1.29 is 23.2 Å². The average Bonchev–Trinajstić information content (AvgIpc) is 2.53. The van der Waals surface area contributed by atoms with Gasteiger partial charge < -0.3 is 5.32 Å². The predicted octanol–water partition coefficient (Wildman–Crippen LogP) is 0.939. The van der Waals surface area contributed by atoms with Gasteiger partial charge in [-0.25, -0.2) is 13.2 Å². The van der Waals surface area contributed by atoms with Crippen LogP contribution >= 0.6 is 0 Å². The minimum Gasteiger partial charge on any atom is -0.332 e. The second kappa shape index (κ2) is 5.36. The summed E-state index contributed by atoms with van der Waals surface area (Å²) < 4.78 is 25.3. The van der Waals surface area contributed by atoms with E-state index in [1.165, 1.54) is 0 Å². The quantitative estimate of drug-likeness (QED) is 0.788. The van der Waals surface area contributed by atoms with Crippen LogP contribution in [0.5, 0.6) is 0 Å². The first-order valence-corrected chi connectivity index (χ1v) is 8.58. The Morgan fingerprint density at radius 3 is 2.50 bits per heavy atom. The SMILES string of the molecule is O=C1NC2CC(S(=O)(=O)c3ccccc3)CCC2C(=O)N1O. The van der Waals surface area contributed by atoms with E-state index >= 15 is 0 Å². The molecule has 0 spiro atoms. The second-order valence-corrected chi connectivity index (χ2v) is 7.83. The van der Waals surface area contributed by atoms with Gasteiger partial charge in [-0.2, -0.15) is 0 Å². The normalized spacial score (nSPS) is 29.0. The molecule has 0 aromatic heterocycles. The maximum atomic E-state index is 12.6. The van der Waals surface area contributed by atoms with Crippen LogP contribution in [0, 0.1) is 5.92 Å². The highest BCUT2D eigenvalue weighted by Crippen LogP contribution is 2.34. The van der Waals surface area contributed by atoms with Crippen molar-refractivity contribution >= 4 is 21.8 Å². The molecule has 1 saturated carbocycles. The summed E-state index contributed by atoms with van der Waals surface area (Å²) in [6.07, 6.45) is 0.818. The van der Waals surface area contributed by atoms with Gasteiger partial charge in [-0.1, -0.05) is 18.2 Å². The van der Waals surface area contributed by atoms with Gasteiger partial charge in [-0.3, -0.25) is 10.0 Å². The lowest BCUT2D eigenvalue weighted by Crippen LogP contribution is -2.61. The smallest absolute Gasteiger partial charge is 0.332 e. The summed E-state index contributed by atoms with van der Waals surface area (Å²) in [7, 11) is -3.50. The minimum absolute atomic E-state index is 0.0766. The Bertz CT molecular complexity index is 703. The third-order valence-corrected chi connectivity index (χ3v) is 6.57. The Morgan fingerprint density at radius 2 is 1.82 bits per heavy atom. The topological polar surface area (TPSA) is 104 Å². The Labute approximate surface area is 127 Å². The van der Waals surface area contributed by atoms with Gasteiger partial charge in [0.15, 0.2) is 9.84 Å². The van der Waals surface area contributed by atoms with Gasteiger partial charge in [0, 0.05) is 6.04 Å². The number of amides is 3. The number of urea groups is 1. The highest BCUT2D eigenvalue weighted by Gasteiger charge is 2.46. The molecule has 2 aliphatic rings. The van der Waals surface area contributed by atoms with Crippen molar-refractivity contribution in [3.8, 4) is 0 Å². The number of nitrogens with one attached hydrogen (secondary N) is 1. The first kappa shape index (κ1) is 15.0. The molecule has 1 saturated heterocycles. The van der Waals surface area contributed by atoms with E-state index in [0.717, 1.165) is 0 Å². The highest BCUT2D eigenvalue weighted by molar-refractivity contribution is 7.92. The van der Waals surface area contributed by atoms with Crippen molar-refractivity contribution in [2.75, 3.05) is 0 Å². The molecule has 22 heavy (non-hydrogen) atoms. The van der Waals surface area contributed by atoms with Crippen molar-refractivity contribution in [2.45, 2.75) is 35.4 Å². The van der Waals surface area contributed by atoms with Crippen LogP contribution in [0.25, 0.3) is 0 Å². The van der Waals surface area contributed by atoms with Crippen LogP contribution < -0.4 is 5.32 Å². The fraction of sp³-hybridized carbons (Fsp3) is 0.429. The molecule has 2 fully saturated rings. The third-order valence-electron chi connectivity index (χ3n) is 4.34. The summed E-state index contributed by atoms with van der Waals surface area (Å²) in [6.45, 7) is 0. The summed E-state index contributed by atoms with van der Waals surface area (Å²) in [5.74, 6) is -1.23. The Morgan fingerprint density at radius 1 is 1.14 bits per heavy atom. The standard InChI is InChI=1S/C14H16N2O5S/c17-13-11-7-6-10(8-12(11)15-14(18)16(13)19)22(20,21)9-4-2-1-3-5-9/h1-5,10-12,19H,6-8H2,(H,15,18). The van der Waals surface area contributed by atoms with Gasteiger partial charge in [0.1, 0.15) is 0 Å². The highest BCUT2D eigenvalue weighted by atomic mass is 32.2. The van der Waals surface area contributed by atoms with E-state index < -0.39 is 39.0 Å². The summed E-state index contributed by atoms with van der Waals surface area (Å²) in [5, 5.41) is 11.3. The molecule has 1 heterocycles. The average molecular weight is 324 g/mol. The fourth-order valence-corrected chi connectivity index (χ4v) is 4.98. The molecule has 8 heteroatoms. The number of fused-ring (bicyclic) bond motifs is 1. The molecular weight excluding hydrogens is 308 g/mol. The monoisotopic (exact) mass is 324 g/mol. The molecule has 7 nitrogen and oxygen atoms in total. The molecule has 1 aromatic carbocycles. The van der Waals surface area contributed by atoms with E-state index in [1.54, 1.807) is 30.3 Å². The lowest BCUT2D eigenvalue weighted by molar-refractivity contribution is -0.163. The number of hydrogen-bond donors (Lipinski definition) is 2. The van der Waals surface area contributed by atoms with Gasteiger partial charge in [0.05, 0.1) is 16.1 Å². The third kappa shape index (κ3) is 2.38. The van der Waals surface area contributed by atoms with E-state index in [2.05, 4.69) is 5.32 Å². The summed E-state index contributed by atoms with van der Waals surface area (Å²) in [6, 6.07) is 6.70. The first-order valence-electron chi connectivity index (χ1n) is 7.03. The van der Waals surface area contributed by atoms with E-state index in [9.17, 15) is 23.2 Å². The molecule has 1 aromatic rings. The minimum atomic E-state index is -3.50. The number of carbonyl (C=O) groups is 2. The zero-order valence-electron chi connectivity index (χ0n) is 11.7. The number of carbonyl (C=O) groups excluding carboxylic acids is 2. The Hall–Kier alpha value is -1.93. The number of sulfone groups is 1. The molecule has 3 rings (SSSR count). The molecule has 0 radical (unpaired) electrons. The van der Waals surface area contributed by atoms with E-state index in [4.69, 9.17) is 0 Å². The molecule has 3 atom stereocenters. The summed E-state index contributed by atoms with van der Waals surface area (Å²) >= 11 is 0. The number of nitrogens with zero attached hydrogens (tertiary/aromatic N) is 1. The molecular formula is C14H16N2O5S. The zero-order chi connectivity index (χ0) is 15.9. The zero-order valence-corrected chi connectivity index (χ0v) is 12.5. The van der Waals surface area contributed by atoms with Gasteiger partial charge in [-0.05, 0) is 31.4 Å². The van der Waals surface area contributed by atoms with Gasteiger partial charge in [0.25, 0.3) is 5.91 Å². The number of hydrogen-bond acceptors (Lipinski definition) is 5. The lowest BCUT2D eigenvalue weighted by atomic mass is 9.82. The maximum Gasteiger partial charge on any atom is 0.348 e. The summed E-state index contributed by atoms with van der Waals surface area (Å²) in [4.78, 5) is 23.6. The van der Waals surface area contributed by atoms with Crippen molar-refractivity contribution in [1.82, 2.24) is 10.4 Å². The van der Waals surface area contributed by atoms with E-state index in [0.29, 0.717) is 12.8 Å². The van der Waals surface area contributed by atoms with Crippen molar-refractivity contribution in [3.05, 3.63) is 30.3 Å². The van der Waals surface area contributed by atoms with Crippen LogP contribution in [0.3, 0.4) is 0 Å². The van der Waals surface area contributed by atoms with Crippen LogP contribution in [0.4, 0.5) is 4.79 Å². The largest absolute Gasteiger partial charge is 0.348 e. The van der Waals surface area contributed by atoms with Gasteiger partial charge >= 0.3 is 6.03 Å². The number of benzene rings is 1. The van der Waals surface area contributed by atoms with E-state index in [1.807, 2.05) is 0 Å². The molecule has 2 N–H and O–H groups in total. The Kier molecular flexibility index (Phi) is 3.65. The van der Waals surface area contributed by atoms with Gasteiger partial charge in [0.2, 0.25) is 0 Å². The summed E-state index contributed by atoms with van der Waals surface area (Å²) in [5.41, 5.74) is 0. The number of rotatable bonds is 2. The number of hydroxylamine groups is 2.